The zero-order chi connectivity index (χ0) is 16.9. The fourth-order valence-corrected chi connectivity index (χ4v) is 2.88. The van der Waals surface area contributed by atoms with Crippen molar-refractivity contribution >= 4 is 11.8 Å². The molecule has 0 aliphatic heterocycles. The van der Waals surface area contributed by atoms with Crippen LogP contribution in [0.5, 0.6) is 11.5 Å². The van der Waals surface area contributed by atoms with Gasteiger partial charge in [0, 0.05) is 11.3 Å². The third kappa shape index (κ3) is 3.68. The number of methoxy groups -OCH3 is 2. The van der Waals surface area contributed by atoms with E-state index in [2.05, 4.69) is 15.2 Å². The summed E-state index contributed by atoms with van der Waals surface area (Å²) in [5.41, 5.74) is 1.76. The first-order chi connectivity index (χ1) is 11.7. The molecule has 24 heavy (non-hydrogen) atoms. The largest absolute Gasteiger partial charge is 0.497 e. The van der Waals surface area contributed by atoms with Gasteiger partial charge in [-0.25, -0.2) is 9.37 Å². The molecule has 0 saturated carbocycles. The van der Waals surface area contributed by atoms with Gasteiger partial charge in [-0.1, -0.05) is 17.8 Å². The van der Waals surface area contributed by atoms with E-state index >= 15 is 0 Å². The van der Waals surface area contributed by atoms with Crippen LogP contribution in [0.3, 0.4) is 0 Å². The average molecular weight is 345 g/mol. The van der Waals surface area contributed by atoms with E-state index in [0.717, 1.165) is 16.9 Å². The zero-order valence-electron chi connectivity index (χ0n) is 13.2. The molecule has 0 saturated heterocycles. The summed E-state index contributed by atoms with van der Waals surface area (Å²) in [6.45, 7) is 0. The molecule has 0 fully saturated rings. The molecular weight excluding hydrogens is 329 g/mol. The third-order valence-corrected chi connectivity index (χ3v) is 4.33. The van der Waals surface area contributed by atoms with Gasteiger partial charge >= 0.3 is 0 Å². The molecule has 0 spiro atoms. The Bertz CT molecular complexity index is 821. The van der Waals surface area contributed by atoms with Gasteiger partial charge in [-0.15, -0.1) is 5.10 Å². The first-order valence-electron chi connectivity index (χ1n) is 7.21. The fourth-order valence-electron chi connectivity index (χ4n) is 2.14. The summed E-state index contributed by atoms with van der Waals surface area (Å²) in [6, 6.07) is 12.5. The zero-order valence-corrected chi connectivity index (χ0v) is 14.1. The van der Waals surface area contributed by atoms with Crippen molar-refractivity contribution in [2.75, 3.05) is 14.2 Å². The van der Waals surface area contributed by atoms with Crippen LogP contribution < -0.4 is 9.47 Å². The molecule has 0 atom stereocenters. The van der Waals surface area contributed by atoms with Crippen LogP contribution in [0.1, 0.15) is 5.56 Å². The number of aromatic nitrogens is 3. The molecular formula is C17H16FN3O2S. The highest BCUT2D eigenvalue weighted by Gasteiger charge is 2.08. The molecule has 3 rings (SSSR count). The van der Waals surface area contributed by atoms with Gasteiger partial charge in [0.05, 0.1) is 14.2 Å². The topological polar surface area (TPSA) is 60.0 Å². The maximum absolute atomic E-state index is 13.7. The number of nitrogens with one attached hydrogen (secondary N) is 1. The number of aromatic amines is 1. The van der Waals surface area contributed by atoms with Crippen LogP contribution in [0.2, 0.25) is 0 Å². The lowest BCUT2D eigenvalue weighted by Crippen LogP contribution is -1.90. The minimum atomic E-state index is -0.371. The summed E-state index contributed by atoms with van der Waals surface area (Å²) in [4.78, 5) is 4.44. The Morgan fingerprint density at radius 2 is 1.88 bits per heavy atom. The monoisotopic (exact) mass is 345 g/mol. The molecule has 0 bridgehead atoms. The molecule has 3 aromatic rings. The Kier molecular flexibility index (Phi) is 5.00. The predicted octanol–water partition coefficient (Wildman–Crippen LogP) is 3.92. The Labute approximate surface area is 143 Å². The van der Waals surface area contributed by atoms with Crippen LogP contribution in [0, 0.1) is 5.82 Å². The average Bonchev–Trinajstić information content (AvgIpc) is 3.09. The number of hydrogen-bond acceptors (Lipinski definition) is 5. The molecule has 0 aliphatic carbocycles. The first kappa shape index (κ1) is 16.3. The number of H-pyrrole nitrogens is 1. The Hall–Kier alpha value is -2.54. The normalized spacial score (nSPS) is 10.6. The van der Waals surface area contributed by atoms with Gasteiger partial charge in [0.1, 0.15) is 5.75 Å². The van der Waals surface area contributed by atoms with Gasteiger partial charge in [-0.2, -0.15) is 0 Å². The minimum absolute atomic E-state index is 0.239. The highest BCUT2D eigenvalue weighted by atomic mass is 32.2. The summed E-state index contributed by atoms with van der Waals surface area (Å²) in [6.07, 6.45) is 0. The van der Waals surface area contributed by atoms with E-state index < -0.39 is 0 Å². The third-order valence-electron chi connectivity index (χ3n) is 3.41. The Morgan fingerprint density at radius 1 is 1.08 bits per heavy atom. The highest BCUT2D eigenvalue weighted by molar-refractivity contribution is 7.98. The van der Waals surface area contributed by atoms with Gasteiger partial charge < -0.3 is 9.47 Å². The minimum Gasteiger partial charge on any atom is -0.497 e. The van der Waals surface area contributed by atoms with Crippen molar-refractivity contribution < 1.29 is 13.9 Å². The second-order valence-corrected chi connectivity index (χ2v) is 5.90. The molecule has 0 radical (unpaired) electrons. The lowest BCUT2D eigenvalue weighted by Gasteiger charge is -2.03. The fraction of sp³-hybridized carbons (Fsp3) is 0.176. The summed E-state index contributed by atoms with van der Waals surface area (Å²) in [5, 5.41) is 7.70. The number of halogens is 1. The summed E-state index contributed by atoms with van der Waals surface area (Å²) >= 11 is 1.43. The number of benzene rings is 2. The second-order valence-electron chi connectivity index (χ2n) is 4.95. The van der Waals surface area contributed by atoms with Crippen molar-refractivity contribution in [2.24, 2.45) is 0 Å². The predicted molar refractivity (Wildman–Crippen MR) is 90.9 cm³/mol. The van der Waals surface area contributed by atoms with Crippen LogP contribution in [-0.2, 0) is 5.75 Å². The van der Waals surface area contributed by atoms with E-state index in [9.17, 15) is 4.39 Å². The van der Waals surface area contributed by atoms with Crippen molar-refractivity contribution in [2.45, 2.75) is 10.9 Å². The Balaban J connectivity index is 1.66. The molecule has 1 aromatic heterocycles. The summed E-state index contributed by atoms with van der Waals surface area (Å²) in [5.74, 6) is 1.91. The van der Waals surface area contributed by atoms with Crippen LogP contribution in [0.4, 0.5) is 4.39 Å². The maximum Gasteiger partial charge on any atom is 0.209 e. The molecule has 7 heteroatoms. The van der Waals surface area contributed by atoms with Gasteiger partial charge in [0.15, 0.2) is 17.4 Å². The van der Waals surface area contributed by atoms with E-state index in [1.54, 1.807) is 13.2 Å². The van der Waals surface area contributed by atoms with E-state index in [-0.39, 0.29) is 11.6 Å². The number of thioether (sulfide) groups is 1. The number of nitrogens with zero attached hydrogens (tertiary/aromatic N) is 2. The lowest BCUT2D eigenvalue weighted by molar-refractivity contribution is 0.386. The quantitative estimate of drug-likeness (QED) is 0.686. The van der Waals surface area contributed by atoms with Crippen LogP contribution in [0.15, 0.2) is 47.6 Å². The van der Waals surface area contributed by atoms with Crippen LogP contribution in [0.25, 0.3) is 11.4 Å². The lowest BCUT2D eigenvalue weighted by atomic mass is 10.2. The van der Waals surface area contributed by atoms with Crippen molar-refractivity contribution in [3.8, 4) is 22.9 Å². The summed E-state index contributed by atoms with van der Waals surface area (Å²) in [7, 11) is 3.07. The molecule has 1 heterocycles. The Morgan fingerprint density at radius 3 is 2.54 bits per heavy atom. The molecule has 0 amide bonds. The van der Waals surface area contributed by atoms with Crippen molar-refractivity contribution in [1.82, 2.24) is 15.2 Å². The van der Waals surface area contributed by atoms with Gasteiger partial charge in [0.25, 0.3) is 0 Å². The van der Waals surface area contributed by atoms with Crippen LogP contribution in [-0.4, -0.2) is 29.4 Å². The van der Waals surface area contributed by atoms with Gasteiger partial charge in [-0.05, 0) is 42.0 Å². The van der Waals surface area contributed by atoms with Crippen molar-refractivity contribution in [3.05, 3.63) is 53.8 Å². The number of rotatable bonds is 6. The SMILES string of the molecule is COc1ccc(-c2nc(SCc3ccc(OC)c(F)c3)n[nH]2)cc1. The van der Waals surface area contributed by atoms with E-state index in [1.807, 2.05) is 30.3 Å². The molecule has 0 aliphatic rings. The van der Waals surface area contributed by atoms with Crippen LogP contribution >= 0.6 is 11.8 Å². The molecule has 124 valence electrons. The second kappa shape index (κ2) is 7.35. The van der Waals surface area contributed by atoms with E-state index in [4.69, 9.17) is 9.47 Å². The molecule has 1 N–H and O–H groups in total. The smallest absolute Gasteiger partial charge is 0.209 e. The standard InChI is InChI=1S/C17H16FN3O2S/c1-22-13-6-4-12(5-7-13)16-19-17(21-20-16)24-10-11-3-8-15(23-2)14(18)9-11/h3-9H,10H2,1-2H3,(H,19,20,21). The van der Waals surface area contributed by atoms with E-state index in [0.29, 0.717) is 16.7 Å². The summed E-state index contributed by atoms with van der Waals surface area (Å²) < 4.78 is 23.7. The number of hydrogen-bond donors (Lipinski definition) is 1. The van der Waals surface area contributed by atoms with Gasteiger partial charge in [-0.3, -0.25) is 5.10 Å². The van der Waals surface area contributed by atoms with E-state index in [1.165, 1.54) is 24.9 Å². The van der Waals surface area contributed by atoms with Crippen molar-refractivity contribution in [1.29, 1.82) is 0 Å². The molecule has 0 unspecified atom stereocenters. The molecule has 2 aromatic carbocycles. The number of ether oxygens (including phenoxy) is 2. The highest BCUT2D eigenvalue weighted by Crippen LogP contribution is 2.25. The first-order valence-corrected chi connectivity index (χ1v) is 8.20. The molecule has 5 nitrogen and oxygen atoms in total. The maximum atomic E-state index is 13.7. The van der Waals surface area contributed by atoms with Crippen molar-refractivity contribution in [3.63, 3.8) is 0 Å². The van der Waals surface area contributed by atoms with Gasteiger partial charge in [0.2, 0.25) is 5.16 Å².